The fourth-order valence-corrected chi connectivity index (χ4v) is 2.49. The second kappa shape index (κ2) is 6.25. The van der Waals surface area contributed by atoms with Crippen LogP contribution in [-0.4, -0.2) is 30.6 Å². The van der Waals surface area contributed by atoms with E-state index < -0.39 is 0 Å². The van der Waals surface area contributed by atoms with E-state index in [9.17, 15) is 8.78 Å². The van der Waals surface area contributed by atoms with Crippen LogP contribution in [0.5, 0.6) is 0 Å². The smallest absolute Gasteiger partial charge is 0.127 e. The van der Waals surface area contributed by atoms with E-state index in [0.29, 0.717) is 18.2 Å². The molecule has 4 heteroatoms. The molecule has 0 aromatic heterocycles. The van der Waals surface area contributed by atoms with Crippen molar-refractivity contribution in [1.29, 1.82) is 0 Å². The molecule has 1 aliphatic heterocycles. The quantitative estimate of drug-likeness (QED) is 0.888. The van der Waals surface area contributed by atoms with Gasteiger partial charge < -0.3 is 5.32 Å². The topological polar surface area (TPSA) is 15.3 Å². The van der Waals surface area contributed by atoms with Crippen molar-refractivity contribution in [3.63, 3.8) is 0 Å². The molecule has 1 N–H and O–H groups in total. The third kappa shape index (κ3) is 3.50. The van der Waals surface area contributed by atoms with Crippen LogP contribution in [0.2, 0.25) is 0 Å². The summed E-state index contributed by atoms with van der Waals surface area (Å²) >= 11 is 0. The van der Waals surface area contributed by atoms with E-state index in [1.54, 1.807) is 0 Å². The van der Waals surface area contributed by atoms with Gasteiger partial charge in [0.2, 0.25) is 0 Å². The molecule has 1 fully saturated rings. The van der Waals surface area contributed by atoms with Crippen LogP contribution in [0.25, 0.3) is 0 Å². The minimum absolute atomic E-state index is 0.318. The molecule has 0 radical (unpaired) electrons. The molecule has 2 rings (SSSR count). The highest BCUT2D eigenvalue weighted by atomic mass is 19.1. The Kier molecular flexibility index (Phi) is 4.66. The van der Waals surface area contributed by atoms with Gasteiger partial charge in [-0.05, 0) is 24.6 Å². The van der Waals surface area contributed by atoms with Crippen LogP contribution in [0.1, 0.15) is 25.3 Å². The first-order valence-corrected chi connectivity index (χ1v) is 6.58. The van der Waals surface area contributed by atoms with E-state index in [1.807, 2.05) is 0 Å². The van der Waals surface area contributed by atoms with Crippen LogP contribution in [-0.2, 0) is 6.54 Å². The van der Waals surface area contributed by atoms with Gasteiger partial charge in [-0.1, -0.05) is 13.3 Å². The molecular weight excluding hydrogens is 234 g/mol. The summed E-state index contributed by atoms with van der Waals surface area (Å²) in [5, 5.41) is 3.45. The maximum absolute atomic E-state index is 13.6. The summed E-state index contributed by atoms with van der Waals surface area (Å²) in [6.07, 6.45) is 2.27. The number of halogens is 2. The maximum atomic E-state index is 13.6. The Bertz CT molecular complexity index is 393. The second-order valence-electron chi connectivity index (χ2n) is 4.91. The number of nitrogens with one attached hydrogen (secondary N) is 1. The monoisotopic (exact) mass is 254 g/mol. The van der Waals surface area contributed by atoms with Crippen LogP contribution in [0.3, 0.4) is 0 Å². The van der Waals surface area contributed by atoms with Gasteiger partial charge in [0.1, 0.15) is 11.6 Å². The van der Waals surface area contributed by atoms with E-state index in [-0.39, 0.29) is 11.6 Å². The van der Waals surface area contributed by atoms with Crippen LogP contribution >= 0.6 is 0 Å². The number of hydrogen-bond donors (Lipinski definition) is 1. The van der Waals surface area contributed by atoms with Crippen LogP contribution in [0.15, 0.2) is 18.2 Å². The van der Waals surface area contributed by atoms with Crippen molar-refractivity contribution >= 4 is 0 Å². The number of nitrogens with zero attached hydrogens (tertiary/aromatic N) is 1. The van der Waals surface area contributed by atoms with Gasteiger partial charge in [0, 0.05) is 37.8 Å². The Balaban J connectivity index is 1.98. The summed E-state index contributed by atoms with van der Waals surface area (Å²) < 4.78 is 26.7. The molecule has 0 amide bonds. The Morgan fingerprint density at radius 2 is 2.22 bits per heavy atom. The fraction of sp³-hybridized carbons (Fsp3) is 0.571. The van der Waals surface area contributed by atoms with Gasteiger partial charge >= 0.3 is 0 Å². The zero-order valence-electron chi connectivity index (χ0n) is 10.8. The largest absolute Gasteiger partial charge is 0.311 e. The third-order valence-electron chi connectivity index (χ3n) is 3.38. The fourth-order valence-electron chi connectivity index (χ4n) is 2.49. The van der Waals surface area contributed by atoms with Crippen molar-refractivity contribution in [2.24, 2.45) is 0 Å². The van der Waals surface area contributed by atoms with Crippen molar-refractivity contribution in [2.45, 2.75) is 32.4 Å². The van der Waals surface area contributed by atoms with Crippen molar-refractivity contribution in [1.82, 2.24) is 10.2 Å². The lowest BCUT2D eigenvalue weighted by Gasteiger charge is -2.33. The van der Waals surface area contributed by atoms with E-state index in [2.05, 4.69) is 17.1 Å². The Morgan fingerprint density at radius 3 is 3.00 bits per heavy atom. The molecule has 0 bridgehead atoms. The predicted molar refractivity (Wildman–Crippen MR) is 68.3 cm³/mol. The highest BCUT2D eigenvalue weighted by Gasteiger charge is 2.19. The average Bonchev–Trinajstić information content (AvgIpc) is 2.35. The summed E-state index contributed by atoms with van der Waals surface area (Å²) in [4.78, 5) is 2.19. The van der Waals surface area contributed by atoms with E-state index in [0.717, 1.165) is 38.5 Å². The Labute approximate surface area is 107 Å². The van der Waals surface area contributed by atoms with Gasteiger partial charge in [-0.25, -0.2) is 8.78 Å². The number of piperazine rings is 1. The van der Waals surface area contributed by atoms with Gasteiger partial charge in [0.05, 0.1) is 0 Å². The molecule has 1 aromatic carbocycles. The lowest BCUT2D eigenvalue weighted by atomic mass is 10.1. The number of hydrogen-bond acceptors (Lipinski definition) is 2. The molecule has 18 heavy (non-hydrogen) atoms. The molecule has 1 aliphatic rings. The minimum Gasteiger partial charge on any atom is -0.311 e. The number of rotatable bonds is 4. The maximum Gasteiger partial charge on any atom is 0.127 e. The van der Waals surface area contributed by atoms with Crippen molar-refractivity contribution in [3.05, 3.63) is 35.4 Å². The van der Waals surface area contributed by atoms with E-state index in [1.165, 1.54) is 12.1 Å². The first-order valence-electron chi connectivity index (χ1n) is 6.58. The SMILES string of the molecule is CCCC1CN(Cc2cc(F)ccc2F)CCN1. The standard InChI is InChI=1S/C14H20F2N2/c1-2-3-13-10-18(7-6-17-13)9-11-8-12(15)4-5-14(11)16/h4-5,8,13,17H,2-3,6-7,9-10H2,1H3. The van der Waals surface area contributed by atoms with E-state index >= 15 is 0 Å². The lowest BCUT2D eigenvalue weighted by molar-refractivity contribution is 0.185. The zero-order chi connectivity index (χ0) is 13.0. The summed E-state index contributed by atoms with van der Waals surface area (Å²) in [5.41, 5.74) is 0.451. The number of benzene rings is 1. The van der Waals surface area contributed by atoms with Crippen molar-refractivity contribution in [3.8, 4) is 0 Å². The normalized spacial score (nSPS) is 21.2. The molecule has 0 aliphatic carbocycles. The van der Waals surface area contributed by atoms with Crippen molar-refractivity contribution in [2.75, 3.05) is 19.6 Å². The van der Waals surface area contributed by atoms with Gasteiger partial charge in [0.25, 0.3) is 0 Å². The molecule has 1 atom stereocenters. The lowest BCUT2D eigenvalue weighted by Crippen LogP contribution is -2.50. The van der Waals surface area contributed by atoms with E-state index in [4.69, 9.17) is 0 Å². The Morgan fingerprint density at radius 1 is 1.39 bits per heavy atom. The van der Waals surface area contributed by atoms with Gasteiger partial charge in [-0.15, -0.1) is 0 Å². The average molecular weight is 254 g/mol. The highest BCUT2D eigenvalue weighted by molar-refractivity contribution is 5.18. The highest BCUT2D eigenvalue weighted by Crippen LogP contribution is 2.14. The molecule has 1 aromatic rings. The minimum atomic E-state index is -0.369. The summed E-state index contributed by atoms with van der Waals surface area (Å²) in [7, 11) is 0. The molecule has 1 heterocycles. The summed E-state index contributed by atoms with van der Waals surface area (Å²) in [6, 6.07) is 4.14. The van der Waals surface area contributed by atoms with Gasteiger partial charge in [-0.3, -0.25) is 4.90 Å². The molecular formula is C14H20F2N2. The molecule has 0 saturated carbocycles. The Hall–Kier alpha value is -1.00. The van der Waals surface area contributed by atoms with Gasteiger partial charge in [0.15, 0.2) is 0 Å². The van der Waals surface area contributed by atoms with Crippen molar-refractivity contribution < 1.29 is 8.78 Å². The second-order valence-corrected chi connectivity index (χ2v) is 4.91. The van der Waals surface area contributed by atoms with Crippen LogP contribution < -0.4 is 5.32 Å². The molecule has 100 valence electrons. The predicted octanol–water partition coefficient (Wildman–Crippen LogP) is 2.54. The van der Waals surface area contributed by atoms with Gasteiger partial charge in [-0.2, -0.15) is 0 Å². The molecule has 1 unspecified atom stereocenters. The summed E-state index contributed by atoms with van der Waals surface area (Å²) in [5.74, 6) is -0.686. The van der Waals surface area contributed by atoms with Crippen LogP contribution in [0, 0.1) is 11.6 Å². The van der Waals surface area contributed by atoms with Crippen LogP contribution in [0.4, 0.5) is 8.78 Å². The first kappa shape index (κ1) is 13.4. The molecule has 1 saturated heterocycles. The zero-order valence-corrected chi connectivity index (χ0v) is 10.8. The first-order chi connectivity index (χ1) is 8.69. The third-order valence-corrected chi connectivity index (χ3v) is 3.38. The molecule has 0 spiro atoms. The summed E-state index contributed by atoms with van der Waals surface area (Å²) in [6.45, 7) is 5.36. The molecule has 2 nitrogen and oxygen atoms in total.